The van der Waals surface area contributed by atoms with Crippen molar-refractivity contribution in [1.29, 1.82) is 0 Å². The molecule has 7 heteroatoms. The summed E-state index contributed by atoms with van der Waals surface area (Å²) in [6.45, 7) is 2.04. The minimum atomic E-state index is -3.38. The summed E-state index contributed by atoms with van der Waals surface area (Å²) < 4.78 is 24.6. The lowest BCUT2D eigenvalue weighted by atomic mass is 10.1. The smallest absolute Gasteiger partial charge is 0.251 e. The Morgan fingerprint density at radius 2 is 1.96 bits per heavy atom. The number of sulfonamides is 1. The summed E-state index contributed by atoms with van der Waals surface area (Å²) in [6.07, 6.45) is 2.79. The average Bonchev–Trinajstić information content (AvgIpc) is 2.52. The molecule has 0 saturated carbocycles. The van der Waals surface area contributed by atoms with Gasteiger partial charge >= 0.3 is 0 Å². The Labute approximate surface area is 136 Å². The second-order valence-corrected chi connectivity index (χ2v) is 7.20. The molecule has 0 radical (unpaired) electrons. The van der Waals surface area contributed by atoms with E-state index in [2.05, 4.69) is 10.3 Å². The number of rotatable bonds is 5. The van der Waals surface area contributed by atoms with Gasteiger partial charge in [-0.05, 0) is 36.8 Å². The zero-order valence-electron chi connectivity index (χ0n) is 13.3. The van der Waals surface area contributed by atoms with Crippen molar-refractivity contribution in [2.24, 2.45) is 0 Å². The van der Waals surface area contributed by atoms with Crippen molar-refractivity contribution in [2.75, 3.05) is 17.6 Å². The molecule has 2 rings (SSSR count). The van der Waals surface area contributed by atoms with Crippen LogP contribution in [0, 0.1) is 6.92 Å². The highest BCUT2D eigenvalue weighted by Crippen LogP contribution is 2.24. The van der Waals surface area contributed by atoms with Crippen molar-refractivity contribution in [3.8, 4) is 0 Å². The first-order valence-corrected chi connectivity index (χ1v) is 8.87. The fourth-order valence-electron chi connectivity index (χ4n) is 2.16. The van der Waals surface area contributed by atoms with Gasteiger partial charge in [0, 0.05) is 18.8 Å². The van der Waals surface area contributed by atoms with Crippen molar-refractivity contribution in [3.05, 3.63) is 59.4 Å². The highest BCUT2D eigenvalue weighted by molar-refractivity contribution is 7.92. The van der Waals surface area contributed by atoms with E-state index in [1.165, 1.54) is 7.05 Å². The number of nitrogens with one attached hydrogen (secondary N) is 1. The number of aromatic nitrogens is 1. The summed E-state index contributed by atoms with van der Waals surface area (Å²) >= 11 is 0. The Kier molecular flexibility index (Phi) is 5.00. The molecule has 0 saturated heterocycles. The maximum absolute atomic E-state index is 12.4. The van der Waals surface area contributed by atoms with Gasteiger partial charge in [0.15, 0.2) is 0 Å². The topological polar surface area (TPSA) is 79.4 Å². The highest BCUT2D eigenvalue weighted by atomic mass is 32.2. The summed E-state index contributed by atoms with van der Waals surface area (Å²) in [5.41, 5.74) is 2.29. The molecule has 122 valence electrons. The van der Waals surface area contributed by atoms with Crippen LogP contribution < -0.4 is 9.62 Å². The van der Waals surface area contributed by atoms with E-state index in [9.17, 15) is 13.2 Å². The van der Waals surface area contributed by atoms with Crippen molar-refractivity contribution in [2.45, 2.75) is 13.5 Å². The molecule has 23 heavy (non-hydrogen) atoms. The molecule has 6 nitrogen and oxygen atoms in total. The minimum Gasteiger partial charge on any atom is -0.346 e. The lowest BCUT2D eigenvalue weighted by Gasteiger charge is -2.20. The fourth-order valence-corrected chi connectivity index (χ4v) is 2.71. The van der Waals surface area contributed by atoms with Crippen molar-refractivity contribution < 1.29 is 13.2 Å². The van der Waals surface area contributed by atoms with Gasteiger partial charge in [-0.25, -0.2) is 8.42 Å². The third-order valence-electron chi connectivity index (χ3n) is 3.54. The predicted molar refractivity (Wildman–Crippen MR) is 89.8 cm³/mol. The summed E-state index contributed by atoms with van der Waals surface area (Å²) in [5.74, 6) is -0.267. The third-order valence-corrected chi connectivity index (χ3v) is 4.73. The quantitative estimate of drug-likeness (QED) is 0.903. The molecule has 0 fully saturated rings. The lowest BCUT2D eigenvalue weighted by Crippen LogP contribution is -2.28. The number of pyridine rings is 1. The van der Waals surface area contributed by atoms with Gasteiger partial charge in [-0.1, -0.05) is 12.1 Å². The van der Waals surface area contributed by atoms with E-state index >= 15 is 0 Å². The number of hydrogen-bond donors (Lipinski definition) is 1. The maximum atomic E-state index is 12.4. The second kappa shape index (κ2) is 6.78. The number of amides is 1. The van der Waals surface area contributed by atoms with Crippen LogP contribution >= 0.6 is 0 Å². The molecule has 1 aromatic heterocycles. The number of benzene rings is 1. The van der Waals surface area contributed by atoms with E-state index in [1.807, 2.05) is 12.1 Å². The number of anilines is 1. The number of carbonyl (C=O) groups is 1. The van der Waals surface area contributed by atoms with Gasteiger partial charge < -0.3 is 5.32 Å². The molecule has 1 N–H and O–H groups in total. The second-order valence-electron chi connectivity index (χ2n) is 5.18. The molecule has 0 aliphatic rings. The summed E-state index contributed by atoms with van der Waals surface area (Å²) in [4.78, 5) is 16.5. The van der Waals surface area contributed by atoms with E-state index in [-0.39, 0.29) is 5.91 Å². The maximum Gasteiger partial charge on any atom is 0.251 e. The fraction of sp³-hybridized carbons (Fsp3) is 0.250. The Morgan fingerprint density at radius 3 is 2.57 bits per heavy atom. The minimum absolute atomic E-state index is 0.267. The van der Waals surface area contributed by atoms with Gasteiger partial charge in [-0.15, -0.1) is 0 Å². The lowest BCUT2D eigenvalue weighted by molar-refractivity contribution is 0.0950. The zero-order chi connectivity index (χ0) is 17.0. The zero-order valence-corrected chi connectivity index (χ0v) is 14.1. The monoisotopic (exact) mass is 333 g/mol. The van der Waals surface area contributed by atoms with Crippen LogP contribution in [0.5, 0.6) is 0 Å². The van der Waals surface area contributed by atoms with Crippen molar-refractivity contribution in [1.82, 2.24) is 10.3 Å². The molecular weight excluding hydrogens is 314 g/mol. The Hall–Kier alpha value is -2.41. The molecular formula is C16H19N3O3S. The number of nitrogens with zero attached hydrogens (tertiary/aromatic N) is 2. The SMILES string of the molecule is Cc1c(C(=O)NCc2ccccn2)cccc1N(C)S(C)(=O)=O. The molecule has 1 amide bonds. The van der Waals surface area contributed by atoms with Crippen LogP contribution in [0.25, 0.3) is 0 Å². The van der Waals surface area contributed by atoms with Crippen LogP contribution in [0.3, 0.4) is 0 Å². The first kappa shape index (κ1) is 17.0. The van der Waals surface area contributed by atoms with Crippen molar-refractivity contribution in [3.63, 3.8) is 0 Å². The van der Waals surface area contributed by atoms with Crippen molar-refractivity contribution >= 4 is 21.6 Å². The first-order chi connectivity index (χ1) is 10.8. The standard InChI is InChI=1S/C16H19N3O3S/c1-12-14(8-6-9-15(12)19(2)23(3,21)22)16(20)18-11-13-7-4-5-10-17-13/h4-10H,11H2,1-3H3,(H,18,20). The van der Waals surface area contributed by atoms with E-state index < -0.39 is 10.0 Å². The van der Waals surface area contributed by atoms with Gasteiger partial charge in [0.25, 0.3) is 5.91 Å². The Bertz CT molecular complexity index is 805. The van der Waals surface area contributed by atoms with Gasteiger partial charge in [0.05, 0.1) is 24.2 Å². The van der Waals surface area contributed by atoms with Gasteiger partial charge in [-0.3, -0.25) is 14.1 Å². The van der Waals surface area contributed by atoms with Crippen LogP contribution in [0.1, 0.15) is 21.6 Å². The molecule has 2 aromatic rings. The van der Waals surface area contributed by atoms with E-state index in [0.29, 0.717) is 23.4 Å². The third kappa shape index (κ3) is 4.07. The molecule has 0 aliphatic heterocycles. The summed E-state index contributed by atoms with van der Waals surface area (Å²) in [6, 6.07) is 10.5. The van der Waals surface area contributed by atoms with Gasteiger partial charge in [-0.2, -0.15) is 0 Å². The number of carbonyl (C=O) groups excluding carboxylic acids is 1. The van der Waals surface area contributed by atoms with Crippen LogP contribution in [0.2, 0.25) is 0 Å². The molecule has 0 unspecified atom stereocenters. The molecule has 0 aliphatic carbocycles. The van der Waals surface area contributed by atoms with Crippen LogP contribution in [-0.4, -0.2) is 32.6 Å². The molecule has 0 atom stereocenters. The van der Waals surface area contributed by atoms with Gasteiger partial charge in [0.1, 0.15) is 0 Å². The van der Waals surface area contributed by atoms with E-state index in [1.54, 1.807) is 37.4 Å². The van der Waals surface area contributed by atoms with Gasteiger partial charge in [0.2, 0.25) is 10.0 Å². The van der Waals surface area contributed by atoms with Crippen LogP contribution in [0.4, 0.5) is 5.69 Å². The van der Waals surface area contributed by atoms with E-state index in [4.69, 9.17) is 0 Å². The summed E-state index contributed by atoms with van der Waals surface area (Å²) in [5, 5.41) is 2.79. The Balaban J connectivity index is 2.21. The summed E-state index contributed by atoms with van der Waals surface area (Å²) in [7, 11) is -1.92. The first-order valence-electron chi connectivity index (χ1n) is 7.02. The molecule has 1 aromatic carbocycles. The molecule has 0 bridgehead atoms. The normalized spacial score (nSPS) is 11.1. The van der Waals surface area contributed by atoms with Crippen LogP contribution in [0.15, 0.2) is 42.6 Å². The van der Waals surface area contributed by atoms with E-state index in [0.717, 1.165) is 16.3 Å². The van der Waals surface area contributed by atoms with Crippen LogP contribution in [-0.2, 0) is 16.6 Å². The average molecular weight is 333 g/mol. The highest BCUT2D eigenvalue weighted by Gasteiger charge is 2.18. The largest absolute Gasteiger partial charge is 0.346 e. The Morgan fingerprint density at radius 1 is 1.22 bits per heavy atom. The number of hydrogen-bond acceptors (Lipinski definition) is 4. The predicted octanol–water partition coefficient (Wildman–Crippen LogP) is 1.72. The molecule has 0 spiro atoms. The molecule has 1 heterocycles.